The quantitative estimate of drug-likeness (QED) is 0.837. The zero-order valence-electron chi connectivity index (χ0n) is 12.4. The largest absolute Gasteiger partial charge is 0.508 e. The van der Waals surface area contributed by atoms with Gasteiger partial charge in [0.15, 0.2) is 0 Å². The number of nitrogens with one attached hydrogen (secondary N) is 1. The Kier molecular flexibility index (Phi) is 4.80. The highest BCUT2D eigenvalue weighted by Crippen LogP contribution is 2.29. The summed E-state index contributed by atoms with van der Waals surface area (Å²) in [7, 11) is 0. The summed E-state index contributed by atoms with van der Waals surface area (Å²) in [6, 6.07) is 16.4. The molecule has 2 aromatic rings. The van der Waals surface area contributed by atoms with E-state index in [-0.39, 0.29) is 12.1 Å². The first kappa shape index (κ1) is 14.6. The second-order valence-electron chi connectivity index (χ2n) is 5.26. The van der Waals surface area contributed by atoms with Crippen molar-refractivity contribution in [1.82, 2.24) is 5.32 Å². The van der Waals surface area contributed by atoms with Gasteiger partial charge in [0.05, 0.1) is 0 Å². The summed E-state index contributed by atoms with van der Waals surface area (Å²) in [5, 5.41) is 13.6. The van der Waals surface area contributed by atoms with Gasteiger partial charge in [-0.25, -0.2) is 0 Å². The lowest BCUT2D eigenvalue weighted by molar-refractivity contribution is 0.419. The molecule has 0 bridgehead atoms. The molecule has 2 N–H and O–H groups in total. The monoisotopic (exact) mass is 269 g/mol. The summed E-state index contributed by atoms with van der Waals surface area (Å²) in [5.74, 6) is 0.365. The normalized spacial score (nSPS) is 13.9. The van der Waals surface area contributed by atoms with Crippen LogP contribution in [0.5, 0.6) is 5.75 Å². The maximum absolute atomic E-state index is 10.0. The fraction of sp³-hybridized carbons (Fsp3) is 0.333. The van der Waals surface area contributed by atoms with Crippen LogP contribution < -0.4 is 5.32 Å². The van der Waals surface area contributed by atoms with Crippen molar-refractivity contribution in [2.75, 3.05) is 0 Å². The molecule has 2 rings (SSSR count). The van der Waals surface area contributed by atoms with E-state index in [0.29, 0.717) is 5.75 Å². The van der Waals surface area contributed by atoms with Crippen molar-refractivity contribution in [2.24, 2.45) is 0 Å². The van der Waals surface area contributed by atoms with Gasteiger partial charge < -0.3 is 10.4 Å². The van der Waals surface area contributed by atoms with E-state index in [2.05, 4.69) is 50.4 Å². The first-order chi connectivity index (χ1) is 9.63. The average Bonchev–Trinajstić information content (AvgIpc) is 2.46. The third-order valence-electron chi connectivity index (χ3n) is 3.83. The second-order valence-corrected chi connectivity index (χ2v) is 5.26. The maximum atomic E-state index is 10.0. The van der Waals surface area contributed by atoms with Gasteiger partial charge in [0.2, 0.25) is 0 Å². The van der Waals surface area contributed by atoms with Gasteiger partial charge in [-0.3, -0.25) is 0 Å². The van der Waals surface area contributed by atoms with Crippen molar-refractivity contribution in [3.63, 3.8) is 0 Å². The van der Waals surface area contributed by atoms with Crippen molar-refractivity contribution in [3.05, 3.63) is 65.2 Å². The Morgan fingerprint density at radius 3 is 2.20 bits per heavy atom. The summed E-state index contributed by atoms with van der Waals surface area (Å²) < 4.78 is 0. The molecular formula is C18H23NO. The van der Waals surface area contributed by atoms with Crippen molar-refractivity contribution in [1.29, 1.82) is 0 Å². The van der Waals surface area contributed by atoms with E-state index < -0.39 is 0 Å². The van der Waals surface area contributed by atoms with E-state index in [4.69, 9.17) is 0 Å². The molecule has 1 unspecified atom stereocenters. The molecule has 0 radical (unpaired) electrons. The van der Waals surface area contributed by atoms with Gasteiger partial charge in [-0.2, -0.15) is 0 Å². The van der Waals surface area contributed by atoms with Crippen LogP contribution in [0.15, 0.2) is 48.5 Å². The molecule has 0 spiro atoms. The van der Waals surface area contributed by atoms with Gasteiger partial charge in [0.25, 0.3) is 0 Å². The van der Waals surface area contributed by atoms with Crippen LogP contribution in [0.25, 0.3) is 0 Å². The van der Waals surface area contributed by atoms with Gasteiger partial charge in [-0.1, -0.05) is 49.4 Å². The predicted octanol–water partition coefficient (Wildman–Crippen LogP) is 4.50. The fourth-order valence-corrected chi connectivity index (χ4v) is 2.67. The number of phenols is 1. The minimum atomic E-state index is 0.158. The number of hydrogen-bond donors (Lipinski definition) is 2. The van der Waals surface area contributed by atoms with Crippen LogP contribution in [0.1, 0.15) is 49.0 Å². The number of rotatable bonds is 5. The zero-order chi connectivity index (χ0) is 14.5. The smallest absolute Gasteiger partial charge is 0.120 e. The molecule has 0 saturated heterocycles. The number of aryl methyl sites for hydroxylation is 1. The molecule has 0 saturated carbocycles. The third-order valence-corrected chi connectivity index (χ3v) is 3.83. The number of aromatic hydroxyl groups is 1. The Bertz CT molecular complexity index is 565. The molecular weight excluding hydrogens is 246 g/mol. The Balaban J connectivity index is 2.19. The molecule has 20 heavy (non-hydrogen) atoms. The first-order valence-corrected chi connectivity index (χ1v) is 7.23. The van der Waals surface area contributed by atoms with Gasteiger partial charge >= 0.3 is 0 Å². The maximum Gasteiger partial charge on any atom is 0.120 e. The summed E-state index contributed by atoms with van der Waals surface area (Å²) in [6.45, 7) is 6.44. The Labute approximate surface area is 121 Å². The van der Waals surface area contributed by atoms with Crippen molar-refractivity contribution in [2.45, 2.75) is 39.3 Å². The average molecular weight is 269 g/mol. The topological polar surface area (TPSA) is 32.3 Å². The Hall–Kier alpha value is -1.80. The minimum absolute atomic E-state index is 0.158. The molecule has 0 aliphatic carbocycles. The molecule has 2 aromatic carbocycles. The van der Waals surface area contributed by atoms with Gasteiger partial charge in [-0.05, 0) is 37.5 Å². The molecule has 0 amide bonds. The SMILES string of the molecule is CCC(N[C@@H](C)c1ccccc1C)c1ccccc1O. The Morgan fingerprint density at radius 1 is 1.00 bits per heavy atom. The minimum Gasteiger partial charge on any atom is -0.508 e. The van der Waals surface area contributed by atoms with Crippen molar-refractivity contribution in [3.8, 4) is 5.75 Å². The molecule has 0 aliphatic rings. The Morgan fingerprint density at radius 2 is 1.60 bits per heavy atom. The summed E-state index contributed by atoms with van der Waals surface area (Å²) in [4.78, 5) is 0. The summed E-state index contributed by atoms with van der Waals surface area (Å²) >= 11 is 0. The van der Waals surface area contributed by atoms with E-state index in [9.17, 15) is 5.11 Å². The molecule has 106 valence electrons. The van der Waals surface area contributed by atoms with E-state index in [1.807, 2.05) is 18.2 Å². The summed E-state index contributed by atoms with van der Waals surface area (Å²) in [6.07, 6.45) is 0.938. The van der Waals surface area contributed by atoms with E-state index in [1.165, 1.54) is 11.1 Å². The van der Waals surface area contributed by atoms with E-state index >= 15 is 0 Å². The molecule has 0 aromatic heterocycles. The molecule has 0 heterocycles. The third kappa shape index (κ3) is 3.20. The summed E-state index contributed by atoms with van der Waals surface area (Å²) in [5.41, 5.74) is 3.57. The van der Waals surface area contributed by atoms with Crippen LogP contribution in [0.2, 0.25) is 0 Å². The molecule has 2 nitrogen and oxygen atoms in total. The van der Waals surface area contributed by atoms with Crippen LogP contribution >= 0.6 is 0 Å². The predicted molar refractivity (Wildman–Crippen MR) is 83.9 cm³/mol. The van der Waals surface area contributed by atoms with Crippen molar-refractivity contribution < 1.29 is 5.11 Å². The lowest BCUT2D eigenvalue weighted by atomic mass is 9.98. The molecule has 2 heteroatoms. The van der Waals surface area contributed by atoms with Crippen LogP contribution in [-0.2, 0) is 0 Å². The number of benzene rings is 2. The number of para-hydroxylation sites is 1. The van der Waals surface area contributed by atoms with Crippen LogP contribution in [-0.4, -0.2) is 5.11 Å². The lowest BCUT2D eigenvalue weighted by Crippen LogP contribution is -2.24. The highest BCUT2D eigenvalue weighted by Gasteiger charge is 2.17. The van der Waals surface area contributed by atoms with Gasteiger partial charge in [0, 0.05) is 17.6 Å². The highest BCUT2D eigenvalue weighted by atomic mass is 16.3. The van der Waals surface area contributed by atoms with Crippen LogP contribution in [0.4, 0.5) is 0 Å². The standard InChI is InChI=1S/C18H23NO/c1-4-17(16-11-7-8-12-18(16)20)19-14(3)15-10-6-5-9-13(15)2/h5-12,14,17,19-20H,4H2,1-3H3/t14-,17?/m0/s1. The van der Waals surface area contributed by atoms with E-state index in [0.717, 1.165) is 12.0 Å². The lowest BCUT2D eigenvalue weighted by Gasteiger charge is -2.24. The first-order valence-electron chi connectivity index (χ1n) is 7.23. The highest BCUT2D eigenvalue weighted by molar-refractivity contribution is 5.35. The van der Waals surface area contributed by atoms with Gasteiger partial charge in [0.1, 0.15) is 5.75 Å². The number of phenolic OH excluding ortho intramolecular Hbond substituents is 1. The van der Waals surface area contributed by atoms with Crippen LogP contribution in [0.3, 0.4) is 0 Å². The molecule has 0 aliphatic heterocycles. The van der Waals surface area contributed by atoms with Gasteiger partial charge in [-0.15, -0.1) is 0 Å². The second kappa shape index (κ2) is 6.58. The van der Waals surface area contributed by atoms with Crippen molar-refractivity contribution >= 4 is 0 Å². The van der Waals surface area contributed by atoms with E-state index in [1.54, 1.807) is 6.07 Å². The number of hydrogen-bond acceptors (Lipinski definition) is 2. The molecule has 0 fully saturated rings. The molecule has 2 atom stereocenters. The zero-order valence-corrected chi connectivity index (χ0v) is 12.4. The van der Waals surface area contributed by atoms with Crippen LogP contribution in [0, 0.1) is 6.92 Å². The fourth-order valence-electron chi connectivity index (χ4n) is 2.67.